The maximum atomic E-state index is 7.30. The zero-order chi connectivity index (χ0) is 16.8. The van der Waals surface area contributed by atoms with Gasteiger partial charge in [0.2, 0.25) is 0 Å². The van der Waals surface area contributed by atoms with E-state index in [0.29, 0.717) is 0 Å². The molecule has 3 N–H and O–H groups in total. The second-order valence-corrected chi connectivity index (χ2v) is 6.05. The van der Waals surface area contributed by atoms with Gasteiger partial charge >= 0.3 is 0 Å². The van der Waals surface area contributed by atoms with Gasteiger partial charge in [0.25, 0.3) is 0 Å². The van der Waals surface area contributed by atoms with Crippen LogP contribution < -0.4 is 10.5 Å². The Labute approximate surface area is 139 Å². The van der Waals surface area contributed by atoms with Crippen molar-refractivity contribution < 1.29 is 4.74 Å². The maximum Gasteiger partial charge on any atom is 0.145 e. The normalized spacial score (nSPS) is 11.4. The van der Waals surface area contributed by atoms with Crippen molar-refractivity contribution in [1.29, 1.82) is 5.41 Å². The fourth-order valence-corrected chi connectivity index (χ4v) is 3.43. The molecule has 4 rings (SSSR count). The molecule has 0 unspecified atom stereocenters. The summed E-state index contributed by atoms with van der Waals surface area (Å²) in [5.41, 5.74) is 8.95. The second kappa shape index (κ2) is 5.23. The predicted octanol–water partition coefficient (Wildman–Crippen LogP) is 3.50. The van der Waals surface area contributed by atoms with Gasteiger partial charge in [0, 0.05) is 41.1 Å². The van der Waals surface area contributed by atoms with Gasteiger partial charge in [0.05, 0.1) is 5.52 Å². The summed E-state index contributed by atoms with van der Waals surface area (Å²) in [6.45, 7) is 2.24. The van der Waals surface area contributed by atoms with E-state index in [9.17, 15) is 0 Å². The van der Waals surface area contributed by atoms with E-state index in [0.717, 1.165) is 16.7 Å². The molecule has 120 valence electrons. The number of fused-ring (bicyclic) bond motifs is 4. The zero-order valence-electron chi connectivity index (χ0n) is 13.6. The Morgan fingerprint density at radius 2 is 2.04 bits per heavy atom. The number of ether oxygens (including phenoxy) is 1. The number of hydrogen-bond acceptors (Lipinski definition) is 3. The highest BCUT2D eigenvalue weighted by Crippen LogP contribution is 2.36. The van der Waals surface area contributed by atoms with Crippen LogP contribution in [0.2, 0.25) is 0 Å². The van der Waals surface area contributed by atoms with E-state index < -0.39 is 0 Å². The van der Waals surface area contributed by atoms with Gasteiger partial charge in [-0.1, -0.05) is 0 Å². The molecule has 2 aromatic heterocycles. The van der Waals surface area contributed by atoms with Crippen molar-refractivity contribution >= 4 is 38.4 Å². The van der Waals surface area contributed by atoms with E-state index in [-0.39, 0.29) is 12.4 Å². The molecule has 0 amide bonds. The third kappa shape index (κ3) is 2.09. The van der Waals surface area contributed by atoms with E-state index in [1.807, 2.05) is 36.7 Å². The summed E-state index contributed by atoms with van der Waals surface area (Å²) in [4.78, 5) is 4.26. The fraction of sp³-hybridized carbons (Fsp3) is 0.158. The molecule has 5 heteroatoms. The number of benzene rings is 2. The lowest BCUT2D eigenvalue weighted by Gasteiger charge is -2.06. The van der Waals surface area contributed by atoms with Gasteiger partial charge < -0.3 is 15.0 Å². The molecule has 0 saturated heterocycles. The molecule has 4 aromatic rings. The van der Waals surface area contributed by atoms with Crippen LogP contribution >= 0.6 is 0 Å². The molecule has 0 atom stereocenters. The third-order valence-corrected chi connectivity index (χ3v) is 4.52. The number of aromatic nitrogens is 2. The number of hydrogen-bond donors (Lipinski definition) is 2. The summed E-state index contributed by atoms with van der Waals surface area (Å²) < 4.78 is 7.79. The molecule has 2 heterocycles. The number of aryl methyl sites for hydroxylation is 2. The molecule has 0 aliphatic heterocycles. The molecule has 0 bridgehead atoms. The smallest absolute Gasteiger partial charge is 0.145 e. The Morgan fingerprint density at radius 1 is 1.21 bits per heavy atom. The van der Waals surface area contributed by atoms with Crippen LogP contribution in [0.3, 0.4) is 0 Å². The van der Waals surface area contributed by atoms with Crippen molar-refractivity contribution in [3.8, 4) is 5.75 Å². The summed E-state index contributed by atoms with van der Waals surface area (Å²) >= 11 is 0. The van der Waals surface area contributed by atoms with Crippen LogP contribution in [0.15, 0.2) is 42.7 Å². The molecule has 24 heavy (non-hydrogen) atoms. The number of nitrogens with one attached hydrogen (secondary N) is 1. The predicted molar refractivity (Wildman–Crippen MR) is 97.9 cm³/mol. The Bertz CT molecular complexity index is 1110. The average molecular weight is 318 g/mol. The van der Waals surface area contributed by atoms with Gasteiger partial charge in [0.15, 0.2) is 0 Å². The summed E-state index contributed by atoms with van der Waals surface area (Å²) in [5, 5.41) is 12.0. The van der Waals surface area contributed by atoms with Crippen LogP contribution in [0.5, 0.6) is 5.75 Å². The molecule has 0 radical (unpaired) electrons. The van der Waals surface area contributed by atoms with Crippen molar-refractivity contribution in [3.05, 3.63) is 48.3 Å². The lowest BCUT2D eigenvalue weighted by atomic mass is 10.0. The first-order valence-electron chi connectivity index (χ1n) is 7.77. The lowest BCUT2D eigenvalue weighted by molar-refractivity contribution is 0.375. The van der Waals surface area contributed by atoms with Crippen LogP contribution in [0.25, 0.3) is 32.6 Å². The molecule has 0 aliphatic rings. The van der Waals surface area contributed by atoms with Gasteiger partial charge in [-0.15, -0.1) is 0 Å². The van der Waals surface area contributed by atoms with Gasteiger partial charge in [-0.05, 0) is 48.2 Å². The van der Waals surface area contributed by atoms with Crippen LogP contribution in [0.4, 0.5) is 0 Å². The molecule has 0 spiro atoms. The van der Waals surface area contributed by atoms with E-state index in [4.69, 9.17) is 15.9 Å². The first-order valence-corrected chi connectivity index (χ1v) is 7.77. The highest BCUT2D eigenvalue weighted by atomic mass is 16.5. The van der Waals surface area contributed by atoms with Crippen molar-refractivity contribution in [3.63, 3.8) is 0 Å². The lowest BCUT2D eigenvalue weighted by Crippen LogP contribution is -2.19. The Hall–Kier alpha value is -3.08. The number of nitrogens with two attached hydrogens (primary N) is 1. The SMILES string of the molecule is Cc1c2cnccc2cc2c3cc(OCC(=N)N)ccc3n(C)c12. The highest BCUT2D eigenvalue weighted by Gasteiger charge is 2.14. The van der Waals surface area contributed by atoms with Crippen LogP contribution in [-0.2, 0) is 7.05 Å². The summed E-state index contributed by atoms with van der Waals surface area (Å²) in [7, 11) is 2.08. The standard InChI is InChI=1S/C19H18N4O/c1-11-16-9-22-6-5-12(16)7-15-14-8-13(24-10-18(20)21)3-4-17(14)23(2)19(11)15/h3-9H,10H2,1-2H3,(H3,20,21). The first-order chi connectivity index (χ1) is 11.6. The van der Waals surface area contributed by atoms with E-state index in [1.165, 1.54) is 27.2 Å². The highest BCUT2D eigenvalue weighted by molar-refractivity contribution is 6.14. The number of amidine groups is 1. The third-order valence-electron chi connectivity index (χ3n) is 4.52. The Kier molecular flexibility index (Phi) is 3.16. The topological polar surface area (TPSA) is 76.9 Å². The van der Waals surface area contributed by atoms with E-state index in [2.05, 4.69) is 29.6 Å². The van der Waals surface area contributed by atoms with Gasteiger partial charge in [-0.3, -0.25) is 10.4 Å². The van der Waals surface area contributed by atoms with Gasteiger partial charge in [-0.2, -0.15) is 0 Å². The number of nitrogens with zero attached hydrogens (tertiary/aromatic N) is 2. The monoisotopic (exact) mass is 318 g/mol. The van der Waals surface area contributed by atoms with Crippen molar-refractivity contribution in [1.82, 2.24) is 9.55 Å². The minimum atomic E-state index is 0.0161. The summed E-state index contributed by atoms with van der Waals surface area (Å²) in [6, 6.07) is 10.2. The Balaban J connectivity index is 2.03. The van der Waals surface area contributed by atoms with Crippen LogP contribution in [0, 0.1) is 12.3 Å². The quantitative estimate of drug-likeness (QED) is 0.448. The number of pyridine rings is 1. The molecule has 0 fully saturated rings. The minimum absolute atomic E-state index is 0.0161. The van der Waals surface area contributed by atoms with Crippen LogP contribution in [-0.4, -0.2) is 22.0 Å². The molecular formula is C19H18N4O. The first kappa shape index (κ1) is 14.5. The Morgan fingerprint density at radius 3 is 2.83 bits per heavy atom. The minimum Gasteiger partial charge on any atom is -0.486 e. The maximum absolute atomic E-state index is 7.30. The van der Waals surface area contributed by atoms with E-state index >= 15 is 0 Å². The van der Waals surface area contributed by atoms with Gasteiger partial charge in [-0.25, -0.2) is 0 Å². The molecule has 2 aromatic carbocycles. The average Bonchev–Trinajstić information content (AvgIpc) is 2.86. The van der Waals surface area contributed by atoms with Gasteiger partial charge in [0.1, 0.15) is 18.2 Å². The van der Waals surface area contributed by atoms with Crippen molar-refractivity contribution in [2.75, 3.05) is 6.61 Å². The zero-order valence-corrected chi connectivity index (χ0v) is 13.6. The van der Waals surface area contributed by atoms with Crippen LogP contribution in [0.1, 0.15) is 5.56 Å². The van der Waals surface area contributed by atoms with Crippen molar-refractivity contribution in [2.24, 2.45) is 12.8 Å². The summed E-state index contributed by atoms with van der Waals surface area (Å²) in [5.74, 6) is 0.736. The summed E-state index contributed by atoms with van der Waals surface area (Å²) in [6.07, 6.45) is 3.74. The van der Waals surface area contributed by atoms with Crippen molar-refractivity contribution in [2.45, 2.75) is 6.92 Å². The molecule has 5 nitrogen and oxygen atoms in total. The fourth-order valence-electron chi connectivity index (χ4n) is 3.43. The number of rotatable bonds is 3. The second-order valence-electron chi connectivity index (χ2n) is 6.05. The molecule has 0 saturated carbocycles. The van der Waals surface area contributed by atoms with E-state index in [1.54, 1.807) is 0 Å². The largest absolute Gasteiger partial charge is 0.486 e. The molecule has 0 aliphatic carbocycles. The molecular weight excluding hydrogens is 300 g/mol.